The molecule has 1 N–H and O–H groups in total. The number of nitrogens with zero attached hydrogens (tertiary/aromatic N) is 3. The normalized spacial score (nSPS) is 11.4. The molecule has 4 aromatic rings. The van der Waals surface area contributed by atoms with Crippen molar-refractivity contribution >= 4 is 11.6 Å². The fourth-order valence-corrected chi connectivity index (χ4v) is 3.48. The number of alkyl halides is 3. The van der Waals surface area contributed by atoms with Crippen molar-refractivity contribution in [3.8, 4) is 11.5 Å². The van der Waals surface area contributed by atoms with Gasteiger partial charge in [-0.15, -0.1) is 0 Å². The summed E-state index contributed by atoms with van der Waals surface area (Å²) in [6.07, 6.45) is 3.22. The summed E-state index contributed by atoms with van der Waals surface area (Å²) in [6, 6.07) is 10.3. The molecule has 34 heavy (non-hydrogen) atoms. The van der Waals surface area contributed by atoms with Gasteiger partial charge in [0.1, 0.15) is 23.7 Å². The van der Waals surface area contributed by atoms with Gasteiger partial charge in [0.2, 0.25) is 0 Å². The van der Waals surface area contributed by atoms with Crippen LogP contribution in [0.3, 0.4) is 0 Å². The van der Waals surface area contributed by atoms with Gasteiger partial charge in [-0.1, -0.05) is 23.7 Å². The van der Waals surface area contributed by atoms with E-state index in [1.807, 2.05) is 0 Å². The molecule has 0 aliphatic heterocycles. The molecule has 0 fully saturated rings. The minimum Gasteiger partial charge on any atom is -0.457 e. The molecule has 2 heterocycles. The Hall–Kier alpha value is -3.72. The van der Waals surface area contributed by atoms with Crippen LogP contribution in [-0.4, -0.2) is 19.9 Å². The first-order chi connectivity index (χ1) is 16.3. The zero-order chi connectivity index (χ0) is 24.1. The van der Waals surface area contributed by atoms with Crippen LogP contribution < -0.4 is 10.3 Å². The first kappa shape index (κ1) is 23.4. The monoisotopic (exact) mass is 486 g/mol. The molecule has 0 saturated heterocycles. The van der Waals surface area contributed by atoms with Crippen LogP contribution in [0, 0.1) is 0 Å². The molecule has 0 amide bonds. The molecule has 0 aliphatic rings. The lowest BCUT2D eigenvalue weighted by atomic mass is 10.1. The van der Waals surface area contributed by atoms with E-state index < -0.39 is 11.7 Å². The van der Waals surface area contributed by atoms with E-state index in [1.165, 1.54) is 12.4 Å². The van der Waals surface area contributed by atoms with Gasteiger partial charge < -0.3 is 9.72 Å². The molecule has 0 radical (unpaired) electrons. The summed E-state index contributed by atoms with van der Waals surface area (Å²) < 4.78 is 44.6. The molecule has 0 spiro atoms. The van der Waals surface area contributed by atoms with Gasteiger partial charge in [0.15, 0.2) is 0 Å². The van der Waals surface area contributed by atoms with Gasteiger partial charge in [-0.05, 0) is 47.9 Å². The van der Waals surface area contributed by atoms with Gasteiger partial charge in [0.25, 0.3) is 5.56 Å². The zero-order valence-electron chi connectivity index (χ0n) is 17.6. The zero-order valence-corrected chi connectivity index (χ0v) is 18.4. The Balaban J connectivity index is 1.36. The van der Waals surface area contributed by atoms with E-state index in [0.717, 1.165) is 23.3 Å². The van der Waals surface area contributed by atoms with E-state index in [2.05, 4.69) is 19.9 Å². The number of rotatable bonds is 7. The molecule has 0 bridgehead atoms. The number of hydrogen-bond acceptors (Lipinski definition) is 5. The maximum Gasteiger partial charge on any atom is 0.417 e. The Morgan fingerprint density at radius 3 is 2.29 bits per heavy atom. The van der Waals surface area contributed by atoms with Crippen LogP contribution in [0.2, 0.25) is 5.02 Å². The second-order valence-corrected chi connectivity index (χ2v) is 7.90. The van der Waals surface area contributed by atoms with Gasteiger partial charge in [0.05, 0.1) is 10.6 Å². The number of nitrogens with one attached hydrogen (secondary N) is 1. The predicted molar refractivity (Wildman–Crippen MR) is 120 cm³/mol. The largest absolute Gasteiger partial charge is 0.457 e. The number of benzene rings is 2. The van der Waals surface area contributed by atoms with Crippen molar-refractivity contribution in [2.45, 2.75) is 25.4 Å². The van der Waals surface area contributed by atoms with Crippen LogP contribution in [-0.2, 0) is 25.4 Å². The molecule has 2 aromatic heterocycles. The highest BCUT2D eigenvalue weighted by Gasteiger charge is 2.33. The van der Waals surface area contributed by atoms with E-state index in [0.29, 0.717) is 36.4 Å². The van der Waals surface area contributed by atoms with Crippen LogP contribution in [0.4, 0.5) is 13.2 Å². The van der Waals surface area contributed by atoms with Gasteiger partial charge in [-0.3, -0.25) is 4.79 Å². The third kappa shape index (κ3) is 5.99. The second kappa shape index (κ2) is 10.0. The minimum atomic E-state index is -4.57. The highest BCUT2D eigenvalue weighted by Crippen LogP contribution is 2.37. The summed E-state index contributed by atoms with van der Waals surface area (Å²) in [5.41, 5.74) is 1.13. The Labute approximate surface area is 197 Å². The highest BCUT2D eigenvalue weighted by molar-refractivity contribution is 6.31. The van der Waals surface area contributed by atoms with Gasteiger partial charge in [-0.25, -0.2) is 15.0 Å². The topological polar surface area (TPSA) is 80.8 Å². The summed E-state index contributed by atoms with van der Waals surface area (Å²) in [5, 5.41) is -0.385. The highest BCUT2D eigenvalue weighted by atomic mass is 35.5. The predicted octanol–water partition coefficient (Wildman–Crippen LogP) is 5.40. The maximum atomic E-state index is 13.0. The molecule has 0 aliphatic carbocycles. The van der Waals surface area contributed by atoms with Crippen LogP contribution >= 0.6 is 11.6 Å². The number of halogens is 4. The SMILES string of the molecule is O=c1[nH]c(CCc2ccc(Oc3ccc(Cl)c(C(F)(F)F)c3)cc2)ncc1Cc1cncnc1. The average Bonchev–Trinajstić information content (AvgIpc) is 2.81. The van der Waals surface area contributed by atoms with Crippen molar-refractivity contribution in [1.29, 1.82) is 0 Å². The van der Waals surface area contributed by atoms with Gasteiger partial charge in [-0.2, -0.15) is 13.2 Å². The first-order valence-electron chi connectivity index (χ1n) is 10.2. The summed E-state index contributed by atoms with van der Waals surface area (Å²) in [4.78, 5) is 27.4. The molecule has 2 aromatic carbocycles. The van der Waals surface area contributed by atoms with E-state index in [9.17, 15) is 18.0 Å². The average molecular weight is 487 g/mol. The lowest BCUT2D eigenvalue weighted by molar-refractivity contribution is -0.137. The molecule has 0 saturated carbocycles. The van der Waals surface area contributed by atoms with Crippen molar-refractivity contribution < 1.29 is 17.9 Å². The molecule has 6 nitrogen and oxygen atoms in total. The number of aromatic amines is 1. The van der Waals surface area contributed by atoms with E-state index in [1.54, 1.807) is 42.9 Å². The lowest BCUT2D eigenvalue weighted by Crippen LogP contribution is -2.17. The fourth-order valence-electron chi connectivity index (χ4n) is 3.26. The Morgan fingerprint density at radius 1 is 0.912 bits per heavy atom. The van der Waals surface area contributed by atoms with Crippen molar-refractivity contribution in [3.05, 3.63) is 111 Å². The first-order valence-corrected chi connectivity index (χ1v) is 10.6. The van der Waals surface area contributed by atoms with Crippen LogP contribution in [0.15, 0.2) is 72.2 Å². The molecule has 4 rings (SSSR count). The summed E-state index contributed by atoms with van der Waals surface area (Å²) in [5.74, 6) is 0.979. The number of aryl methyl sites for hydroxylation is 2. The van der Waals surface area contributed by atoms with Crippen molar-refractivity contribution in [3.63, 3.8) is 0 Å². The third-order valence-corrected chi connectivity index (χ3v) is 5.32. The summed E-state index contributed by atoms with van der Waals surface area (Å²) >= 11 is 5.64. The van der Waals surface area contributed by atoms with Gasteiger partial charge in [0, 0.05) is 37.0 Å². The number of aromatic nitrogens is 4. The molecular weight excluding hydrogens is 469 g/mol. The van der Waals surface area contributed by atoms with Gasteiger partial charge >= 0.3 is 6.18 Å². The quantitative estimate of drug-likeness (QED) is 0.378. The van der Waals surface area contributed by atoms with Crippen LogP contribution in [0.1, 0.15) is 28.1 Å². The van der Waals surface area contributed by atoms with Crippen molar-refractivity contribution in [2.24, 2.45) is 0 Å². The molecular formula is C24H18ClF3N4O2. The third-order valence-electron chi connectivity index (χ3n) is 4.99. The van der Waals surface area contributed by atoms with Crippen LogP contribution in [0.5, 0.6) is 11.5 Å². The smallest absolute Gasteiger partial charge is 0.417 e. The number of hydrogen-bond donors (Lipinski definition) is 1. The number of ether oxygens (including phenoxy) is 1. The molecule has 0 unspecified atom stereocenters. The van der Waals surface area contributed by atoms with Crippen molar-refractivity contribution in [1.82, 2.24) is 19.9 Å². The van der Waals surface area contributed by atoms with E-state index in [4.69, 9.17) is 16.3 Å². The maximum absolute atomic E-state index is 13.0. The number of H-pyrrole nitrogens is 1. The van der Waals surface area contributed by atoms with Crippen LogP contribution in [0.25, 0.3) is 0 Å². The standard InChI is InChI=1S/C24H18ClF3N4O2/c25-21-7-6-19(10-20(21)24(26,27)28)34-18-4-1-15(2-5-18)3-8-22-31-13-17(23(33)32-22)9-16-11-29-14-30-12-16/h1-2,4-7,10-14H,3,8-9H2,(H,31,32,33). The molecule has 174 valence electrons. The second-order valence-electron chi connectivity index (χ2n) is 7.49. The summed E-state index contributed by atoms with van der Waals surface area (Å²) in [6.45, 7) is 0. The molecule has 0 atom stereocenters. The Bertz CT molecular complexity index is 1330. The Kier molecular flexibility index (Phi) is 6.93. The van der Waals surface area contributed by atoms with Crippen molar-refractivity contribution in [2.75, 3.05) is 0 Å². The summed E-state index contributed by atoms with van der Waals surface area (Å²) in [7, 11) is 0. The minimum absolute atomic E-state index is 0.0356. The fraction of sp³-hybridized carbons (Fsp3) is 0.167. The van der Waals surface area contributed by atoms with E-state index >= 15 is 0 Å². The lowest BCUT2D eigenvalue weighted by Gasteiger charge is -2.12. The Morgan fingerprint density at radius 2 is 1.62 bits per heavy atom. The van der Waals surface area contributed by atoms with E-state index in [-0.39, 0.29) is 16.3 Å². The molecule has 10 heteroatoms.